The molecular formula is C21H20F3NO3. The Labute approximate surface area is 160 Å². The zero-order valence-electron chi connectivity index (χ0n) is 15.1. The van der Waals surface area contributed by atoms with Crippen LogP contribution in [0.5, 0.6) is 0 Å². The Morgan fingerprint density at radius 2 is 1.86 bits per heavy atom. The van der Waals surface area contributed by atoms with Crippen molar-refractivity contribution >= 4 is 11.8 Å². The number of piperidine rings is 1. The predicted octanol–water partition coefficient (Wildman–Crippen LogP) is 4.50. The molecule has 0 bridgehead atoms. The number of ketones is 1. The van der Waals surface area contributed by atoms with E-state index in [-0.39, 0.29) is 16.9 Å². The Hall–Kier alpha value is -2.67. The first-order valence-corrected chi connectivity index (χ1v) is 9.00. The van der Waals surface area contributed by atoms with Crippen LogP contribution in [0, 0.1) is 5.92 Å². The summed E-state index contributed by atoms with van der Waals surface area (Å²) in [5, 5.41) is 9.31. The summed E-state index contributed by atoms with van der Waals surface area (Å²) >= 11 is 0. The molecule has 1 atom stereocenters. The minimum absolute atomic E-state index is 0.0626. The number of nitrogens with zero attached hydrogens (tertiary/aromatic N) is 1. The van der Waals surface area contributed by atoms with Gasteiger partial charge in [-0.2, -0.15) is 13.2 Å². The van der Waals surface area contributed by atoms with Gasteiger partial charge in [-0.05, 0) is 43.1 Å². The van der Waals surface area contributed by atoms with E-state index in [1.54, 1.807) is 18.2 Å². The van der Waals surface area contributed by atoms with Crippen LogP contribution in [0.4, 0.5) is 13.2 Å². The van der Waals surface area contributed by atoms with E-state index in [0.717, 1.165) is 18.6 Å². The highest BCUT2D eigenvalue weighted by Crippen LogP contribution is 2.31. The topological polar surface area (TPSA) is 57.6 Å². The molecule has 0 aromatic heterocycles. The van der Waals surface area contributed by atoms with Crippen LogP contribution in [0.3, 0.4) is 0 Å². The van der Waals surface area contributed by atoms with Crippen molar-refractivity contribution in [1.82, 2.24) is 4.90 Å². The smallest absolute Gasteiger partial charge is 0.416 e. The quantitative estimate of drug-likeness (QED) is 0.763. The fraction of sp³-hybridized carbons (Fsp3) is 0.333. The lowest BCUT2D eigenvalue weighted by Gasteiger charge is -2.32. The van der Waals surface area contributed by atoms with Crippen LogP contribution < -0.4 is 0 Å². The van der Waals surface area contributed by atoms with Gasteiger partial charge in [0.15, 0.2) is 5.78 Å². The van der Waals surface area contributed by atoms with E-state index >= 15 is 0 Å². The van der Waals surface area contributed by atoms with Gasteiger partial charge in [0.1, 0.15) is 0 Å². The average Bonchev–Trinajstić information content (AvgIpc) is 2.67. The molecule has 0 radical (unpaired) electrons. The molecule has 2 aromatic carbocycles. The van der Waals surface area contributed by atoms with Crippen molar-refractivity contribution < 1.29 is 27.9 Å². The maximum Gasteiger partial charge on any atom is 0.416 e. The maximum absolute atomic E-state index is 12.9. The van der Waals surface area contributed by atoms with Crippen LogP contribution in [0.1, 0.15) is 44.7 Å². The third kappa shape index (κ3) is 4.59. The monoisotopic (exact) mass is 391 g/mol. The summed E-state index contributed by atoms with van der Waals surface area (Å²) in [5.74, 6) is -1.72. The van der Waals surface area contributed by atoms with Gasteiger partial charge in [-0.25, -0.2) is 4.79 Å². The molecule has 7 heteroatoms. The number of halogens is 3. The summed E-state index contributed by atoms with van der Waals surface area (Å²) in [6.07, 6.45) is -3.16. The van der Waals surface area contributed by atoms with Crippen molar-refractivity contribution in [1.29, 1.82) is 0 Å². The third-order valence-electron chi connectivity index (χ3n) is 4.99. The lowest BCUT2D eigenvalue weighted by Crippen LogP contribution is -2.38. The number of carbonyl (C=O) groups is 2. The third-order valence-corrected chi connectivity index (χ3v) is 4.99. The van der Waals surface area contributed by atoms with Gasteiger partial charge in [0.05, 0.1) is 11.1 Å². The van der Waals surface area contributed by atoms with E-state index < -0.39 is 23.6 Å². The van der Waals surface area contributed by atoms with Crippen LogP contribution in [0.2, 0.25) is 0 Å². The fourth-order valence-corrected chi connectivity index (χ4v) is 3.61. The van der Waals surface area contributed by atoms with Crippen molar-refractivity contribution in [2.75, 3.05) is 13.1 Å². The number of aromatic carboxylic acids is 1. The van der Waals surface area contributed by atoms with Crippen molar-refractivity contribution in [3.05, 3.63) is 70.8 Å². The standard InChI is InChI=1S/C21H20F3NO3/c22-21(23,24)17-8-3-6-14(11-17)19(26)16-7-4-10-25(13-16)12-15-5-1-2-9-18(15)20(27)28/h1-3,5-6,8-9,11,16H,4,7,10,12-13H2,(H,27,28)/t16-/m1/s1. The van der Waals surface area contributed by atoms with Crippen molar-refractivity contribution in [3.8, 4) is 0 Å². The first kappa shape index (κ1) is 20.1. The van der Waals surface area contributed by atoms with E-state index in [2.05, 4.69) is 0 Å². The normalized spacial score (nSPS) is 18.0. The number of likely N-dealkylation sites (tertiary alicyclic amines) is 1. The number of carboxylic acids is 1. The molecule has 0 spiro atoms. The van der Waals surface area contributed by atoms with Crippen molar-refractivity contribution in [3.63, 3.8) is 0 Å². The molecule has 0 unspecified atom stereocenters. The van der Waals surface area contributed by atoms with Gasteiger partial charge in [-0.3, -0.25) is 9.69 Å². The first-order valence-electron chi connectivity index (χ1n) is 9.00. The Morgan fingerprint density at radius 1 is 1.11 bits per heavy atom. The summed E-state index contributed by atoms with van der Waals surface area (Å²) in [6.45, 7) is 1.48. The second kappa shape index (κ2) is 8.14. The minimum atomic E-state index is -4.49. The Bertz CT molecular complexity index is 879. The first-order chi connectivity index (χ1) is 13.3. The highest BCUT2D eigenvalue weighted by atomic mass is 19.4. The summed E-state index contributed by atoms with van der Waals surface area (Å²) in [4.78, 5) is 26.1. The lowest BCUT2D eigenvalue weighted by molar-refractivity contribution is -0.137. The number of rotatable bonds is 5. The molecule has 0 aliphatic carbocycles. The molecule has 1 aliphatic heterocycles. The molecule has 148 valence electrons. The number of hydrogen-bond acceptors (Lipinski definition) is 3. The Morgan fingerprint density at radius 3 is 2.57 bits per heavy atom. The summed E-state index contributed by atoms with van der Waals surface area (Å²) in [7, 11) is 0. The molecule has 1 saturated heterocycles. The molecule has 1 heterocycles. The van der Waals surface area contributed by atoms with Gasteiger partial charge in [0.25, 0.3) is 0 Å². The van der Waals surface area contributed by atoms with E-state index in [1.165, 1.54) is 18.2 Å². The van der Waals surface area contributed by atoms with Crippen molar-refractivity contribution in [2.45, 2.75) is 25.6 Å². The molecule has 3 rings (SSSR count). The molecule has 2 aromatic rings. The second-order valence-corrected chi connectivity index (χ2v) is 6.98. The Balaban J connectivity index is 1.73. The number of carbonyl (C=O) groups excluding carboxylic acids is 1. The number of carboxylic acid groups (broad SMARTS) is 1. The number of hydrogen-bond donors (Lipinski definition) is 1. The maximum atomic E-state index is 12.9. The highest BCUT2D eigenvalue weighted by molar-refractivity contribution is 5.98. The largest absolute Gasteiger partial charge is 0.478 e. The molecule has 1 fully saturated rings. The highest BCUT2D eigenvalue weighted by Gasteiger charge is 2.32. The molecular weight excluding hydrogens is 371 g/mol. The minimum Gasteiger partial charge on any atom is -0.478 e. The molecule has 4 nitrogen and oxygen atoms in total. The molecule has 0 amide bonds. The van der Waals surface area contributed by atoms with Gasteiger partial charge in [-0.15, -0.1) is 0 Å². The molecule has 1 aliphatic rings. The van der Waals surface area contributed by atoms with Crippen molar-refractivity contribution in [2.24, 2.45) is 5.92 Å². The second-order valence-electron chi connectivity index (χ2n) is 6.98. The average molecular weight is 391 g/mol. The number of Topliss-reactive ketones (excluding diaryl/α,β-unsaturated/α-hetero) is 1. The number of benzene rings is 2. The van der Waals surface area contributed by atoms with Crippen LogP contribution in [-0.2, 0) is 12.7 Å². The van der Waals surface area contributed by atoms with Gasteiger partial charge in [0.2, 0.25) is 0 Å². The molecule has 28 heavy (non-hydrogen) atoms. The Kier molecular flexibility index (Phi) is 5.84. The van der Waals surface area contributed by atoms with Crippen LogP contribution >= 0.6 is 0 Å². The van der Waals surface area contributed by atoms with E-state index in [1.807, 2.05) is 4.90 Å². The van der Waals surface area contributed by atoms with Crippen LogP contribution in [0.15, 0.2) is 48.5 Å². The van der Waals surface area contributed by atoms with E-state index in [4.69, 9.17) is 0 Å². The molecule has 1 N–H and O–H groups in total. The lowest BCUT2D eigenvalue weighted by atomic mass is 9.89. The van der Waals surface area contributed by atoms with Gasteiger partial charge < -0.3 is 5.11 Å². The van der Waals surface area contributed by atoms with Gasteiger partial charge >= 0.3 is 12.1 Å². The fourth-order valence-electron chi connectivity index (χ4n) is 3.61. The van der Waals surface area contributed by atoms with Crippen LogP contribution in [0.25, 0.3) is 0 Å². The summed E-state index contributed by atoms with van der Waals surface area (Å²) in [6, 6.07) is 11.2. The molecule has 0 saturated carbocycles. The zero-order valence-corrected chi connectivity index (χ0v) is 15.1. The summed E-state index contributed by atoms with van der Waals surface area (Å²) < 4.78 is 38.7. The summed E-state index contributed by atoms with van der Waals surface area (Å²) in [5.41, 5.74) is 0.102. The zero-order chi connectivity index (χ0) is 20.3. The van der Waals surface area contributed by atoms with Crippen LogP contribution in [-0.4, -0.2) is 34.8 Å². The van der Waals surface area contributed by atoms with Gasteiger partial charge in [0, 0.05) is 24.6 Å². The van der Waals surface area contributed by atoms with Gasteiger partial charge in [-0.1, -0.05) is 30.3 Å². The SMILES string of the molecule is O=C(O)c1ccccc1CN1CCC[C@@H](C(=O)c2cccc(C(F)(F)F)c2)C1. The predicted molar refractivity (Wildman–Crippen MR) is 97.2 cm³/mol. The van der Waals surface area contributed by atoms with E-state index in [0.29, 0.717) is 31.6 Å². The van der Waals surface area contributed by atoms with E-state index in [9.17, 15) is 27.9 Å². The number of alkyl halides is 3.